The maximum atomic E-state index is 8.88. The van der Waals surface area contributed by atoms with Crippen LogP contribution in [0.2, 0.25) is 0 Å². The molecule has 0 fully saturated rings. The van der Waals surface area contributed by atoms with Crippen molar-refractivity contribution in [1.29, 1.82) is 0 Å². The predicted molar refractivity (Wildman–Crippen MR) is 41.8 cm³/mol. The first-order valence-electron chi connectivity index (χ1n) is 0.783. The molecule has 17 N–H and O–H groups in total. The van der Waals surface area contributed by atoms with Crippen LogP contribution in [0, 0.1) is 0 Å². The fraction of sp³-hybridized carbons (Fsp3) is 0. The molecule has 0 spiro atoms. The molecule has 0 bridgehead atoms. The molecule has 0 aromatic carbocycles. The van der Waals surface area contributed by atoms with Crippen LogP contribution in [0.5, 0.6) is 0 Å². The summed E-state index contributed by atoms with van der Waals surface area (Å²) in [5.74, 6) is 0. The Hall–Kier alpha value is 1.83. The Balaban J connectivity index is -0.00000000145. The molecule has 0 aromatic heterocycles. The van der Waals surface area contributed by atoms with Crippen molar-refractivity contribution in [3.63, 3.8) is 0 Å². The van der Waals surface area contributed by atoms with Crippen molar-refractivity contribution in [2.75, 3.05) is 0 Å². The zero-order chi connectivity index (χ0) is 4.50. The van der Waals surface area contributed by atoms with Crippen molar-refractivity contribution in [2.45, 2.75) is 0 Å². The van der Waals surface area contributed by atoms with E-state index in [-0.39, 0.29) is 100 Å². The molecule has 0 saturated carbocycles. The summed E-state index contributed by atoms with van der Waals surface area (Å²) in [5, 5.41) is 0. The third-order valence-corrected chi connectivity index (χ3v) is 0. The summed E-state index contributed by atoms with van der Waals surface area (Å²) in [5.41, 5.74) is 0. The van der Waals surface area contributed by atoms with Crippen molar-refractivity contribution in [2.24, 2.45) is 0 Å². The van der Waals surface area contributed by atoms with Crippen molar-refractivity contribution < 1.29 is 120 Å². The minimum Gasteiger partial charge on any atom is -1.00 e. The van der Waals surface area contributed by atoms with Gasteiger partial charge in [-0.05, 0) is 0 Å². The van der Waals surface area contributed by atoms with Crippen LogP contribution in [0.1, 0.15) is 2.85 Å². The van der Waals surface area contributed by atoms with Gasteiger partial charge in [0, 0.05) is 0 Å². The smallest absolute Gasteiger partial charge is 1.00 e. The third-order valence-electron chi connectivity index (χ3n) is 0. The topological polar surface area (TPSA) is 298 Å². The largest absolute Gasteiger partial charge is 1.00 e. The van der Waals surface area contributed by atoms with Gasteiger partial charge in [-0.1, -0.05) is 0 Å². The fourth-order valence-electron chi connectivity index (χ4n) is 0. The summed E-state index contributed by atoms with van der Waals surface area (Å²) in [7, 11) is -4.64. The minimum absolute atomic E-state index is 0. The minimum atomic E-state index is -4.64. The van der Waals surface area contributed by atoms with Gasteiger partial charge in [0.25, 0.3) is 0 Å². The predicted octanol–water partition coefficient (Wildman–Crippen LogP) is -12.5. The van der Waals surface area contributed by atoms with Gasteiger partial charge in [0.15, 0.2) is 0 Å². The Morgan fingerprint density at radius 2 is 0.643 bits per heavy atom. The zero-order valence-electron chi connectivity index (χ0n) is 9.70. The average Bonchev–Trinajstić information content (AvgIpc) is 0.722. The van der Waals surface area contributed by atoms with E-state index in [1.54, 1.807) is 0 Å². The Bertz CT molecular complexity index is 68.1. The molecule has 0 aliphatic rings. The van der Waals surface area contributed by atoms with Gasteiger partial charge in [-0.2, -0.15) is 0 Å². The first kappa shape index (κ1) is 102. The SMILES string of the molecule is O.O.O.O.O.O.O.O=P(O)(O)O.[H-].[H-].[Na+].[Na+]. The van der Waals surface area contributed by atoms with Crippen LogP contribution < -0.4 is 59.1 Å². The molecule has 92 valence electrons. The third kappa shape index (κ3) is 680. The van der Waals surface area contributed by atoms with Gasteiger partial charge >= 0.3 is 66.9 Å². The van der Waals surface area contributed by atoms with Gasteiger partial charge in [-0.3, -0.25) is 0 Å². The summed E-state index contributed by atoms with van der Waals surface area (Å²) in [6, 6.07) is 0. The average molecular weight is 272 g/mol. The molecule has 0 radical (unpaired) electrons. The van der Waals surface area contributed by atoms with Crippen LogP contribution in [-0.4, -0.2) is 53.0 Å². The molecule has 14 heavy (non-hydrogen) atoms. The van der Waals surface area contributed by atoms with E-state index < -0.39 is 7.82 Å². The van der Waals surface area contributed by atoms with E-state index in [9.17, 15) is 0 Å². The van der Waals surface area contributed by atoms with Crippen molar-refractivity contribution in [1.82, 2.24) is 0 Å². The zero-order valence-corrected chi connectivity index (χ0v) is 12.6. The van der Waals surface area contributed by atoms with Crippen molar-refractivity contribution in [3.8, 4) is 0 Å². The van der Waals surface area contributed by atoms with Crippen LogP contribution in [0.25, 0.3) is 0 Å². The first-order chi connectivity index (χ1) is 2.00. The Labute approximate surface area is 126 Å². The Morgan fingerprint density at radius 3 is 0.643 bits per heavy atom. The molecule has 0 aliphatic carbocycles. The summed E-state index contributed by atoms with van der Waals surface area (Å²) in [4.78, 5) is 21.6. The fourth-order valence-corrected chi connectivity index (χ4v) is 0. The maximum absolute atomic E-state index is 8.88. The number of rotatable bonds is 0. The van der Waals surface area contributed by atoms with E-state index >= 15 is 0 Å². The van der Waals surface area contributed by atoms with Crippen LogP contribution in [0.3, 0.4) is 0 Å². The second kappa shape index (κ2) is 46.3. The van der Waals surface area contributed by atoms with Crippen LogP contribution in [-0.2, 0) is 4.57 Å². The summed E-state index contributed by atoms with van der Waals surface area (Å²) < 4.78 is 8.88. The second-order valence-corrected chi connectivity index (χ2v) is 1.54. The molecule has 14 heteroatoms. The van der Waals surface area contributed by atoms with Gasteiger partial charge < -0.3 is 55.9 Å². The van der Waals surface area contributed by atoms with E-state index in [0.717, 1.165) is 0 Å². The molecule has 0 atom stereocenters. The molecule has 0 rings (SSSR count). The number of hydrogen-bond donors (Lipinski definition) is 3. The van der Waals surface area contributed by atoms with Crippen LogP contribution in [0.15, 0.2) is 0 Å². The Kier molecular flexibility index (Phi) is 339. The van der Waals surface area contributed by atoms with Gasteiger partial charge in [0.2, 0.25) is 0 Å². The van der Waals surface area contributed by atoms with E-state index in [1.165, 1.54) is 0 Å². The molecule has 0 saturated heterocycles. The van der Waals surface area contributed by atoms with E-state index in [1.807, 2.05) is 0 Å². The van der Waals surface area contributed by atoms with Crippen molar-refractivity contribution >= 4 is 7.82 Å². The normalized spacial score (nSPS) is 4.21. The summed E-state index contributed by atoms with van der Waals surface area (Å²) in [6.07, 6.45) is 0. The summed E-state index contributed by atoms with van der Waals surface area (Å²) >= 11 is 0. The molecule has 0 heterocycles. The molecule has 0 amide bonds. The molecule has 11 nitrogen and oxygen atoms in total. The molecule has 0 aliphatic heterocycles. The monoisotopic (exact) mass is 272 g/mol. The van der Waals surface area contributed by atoms with E-state index in [0.29, 0.717) is 0 Å². The van der Waals surface area contributed by atoms with Crippen LogP contribution >= 0.6 is 7.82 Å². The molecular formula is H19Na2O11P. The second-order valence-electron chi connectivity index (χ2n) is 0.513. The quantitative estimate of drug-likeness (QED) is 0.285. The number of hydrogen-bond acceptors (Lipinski definition) is 1. The van der Waals surface area contributed by atoms with Gasteiger partial charge in [0.1, 0.15) is 0 Å². The number of phosphoric acid groups is 1. The van der Waals surface area contributed by atoms with Crippen LogP contribution in [0.4, 0.5) is 0 Å². The molecule has 0 unspecified atom stereocenters. The van der Waals surface area contributed by atoms with Gasteiger partial charge in [-0.25, -0.2) is 4.57 Å². The van der Waals surface area contributed by atoms with Crippen molar-refractivity contribution in [3.05, 3.63) is 0 Å². The maximum Gasteiger partial charge on any atom is 1.00 e. The summed E-state index contributed by atoms with van der Waals surface area (Å²) in [6.45, 7) is 0. The molecular weight excluding hydrogens is 253 g/mol. The standard InChI is InChI=1S/2Na.H3O4P.7H2O.2H/c;;1-5(2,3)4;;;;;;;;;/h;;(H3,1,2,3,4);7*1H2;;/q2*+1;;;;;;;;;2*-1. The molecule has 0 aromatic rings. The van der Waals surface area contributed by atoms with E-state index in [2.05, 4.69) is 0 Å². The van der Waals surface area contributed by atoms with Gasteiger partial charge in [-0.15, -0.1) is 0 Å². The first-order valence-corrected chi connectivity index (χ1v) is 2.35. The Morgan fingerprint density at radius 1 is 0.643 bits per heavy atom. The van der Waals surface area contributed by atoms with E-state index in [4.69, 9.17) is 19.2 Å². The van der Waals surface area contributed by atoms with Gasteiger partial charge in [0.05, 0.1) is 0 Å².